The van der Waals surface area contributed by atoms with E-state index in [0.717, 1.165) is 16.7 Å². The average molecular weight is 519 g/mol. The number of quaternary nitrogens is 1. The van der Waals surface area contributed by atoms with Crippen LogP contribution in [0.1, 0.15) is 59.2 Å². The highest BCUT2D eigenvalue weighted by Gasteiger charge is 2.76. The molecule has 7 heteroatoms. The number of hydrogen-bond donors (Lipinski definition) is 2. The zero-order chi connectivity index (χ0) is 26.9. The van der Waals surface area contributed by atoms with E-state index in [1.807, 2.05) is 49.5 Å². The van der Waals surface area contributed by atoms with E-state index in [4.69, 9.17) is 9.47 Å². The highest BCUT2D eigenvalue weighted by Crippen LogP contribution is 2.65. The fourth-order valence-corrected chi connectivity index (χ4v) is 7.83. The number of piperidine rings is 1. The van der Waals surface area contributed by atoms with Gasteiger partial charge in [-0.05, 0) is 37.8 Å². The number of ether oxygens (including phenoxy) is 2. The van der Waals surface area contributed by atoms with Gasteiger partial charge in [0.2, 0.25) is 0 Å². The van der Waals surface area contributed by atoms with E-state index < -0.39 is 17.1 Å². The van der Waals surface area contributed by atoms with Crippen molar-refractivity contribution < 1.29 is 33.8 Å². The van der Waals surface area contributed by atoms with E-state index in [-0.39, 0.29) is 30.6 Å². The minimum Gasteiger partial charge on any atom is -0.493 e. The molecule has 38 heavy (non-hydrogen) atoms. The second kappa shape index (κ2) is 8.76. The van der Waals surface area contributed by atoms with Gasteiger partial charge < -0.3 is 19.7 Å². The van der Waals surface area contributed by atoms with Crippen LogP contribution in [0.3, 0.4) is 0 Å². The van der Waals surface area contributed by atoms with E-state index in [1.165, 1.54) is 0 Å². The number of aliphatic hydroxyl groups is 2. The predicted molar refractivity (Wildman–Crippen MR) is 141 cm³/mol. The van der Waals surface area contributed by atoms with Crippen molar-refractivity contribution in [3.63, 3.8) is 0 Å². The fraction of sp³-hybridized carbons (Fsp3) is 0.484. The number of nitrogens with zero attached hydrogens (tertiary/aromatic N) is 1. The van der Waals surface area contributed by atoms with Gasteiger partial charge in [0, 0.05) is 37.0 Å². The predicted octanol–water partition coefficient (Wildman–Crippen LogP) is 3.41. The van der Waals surface area contributed by atoms with Crippen molar-refractivity contribution in [3.05, 3.63) is 70.4 Å². The van der Waals surface area contributed by atoms with Gasteiger partial charge in [-0.25, -0.2) is 0 Å². The normalized spacial score (nSPS) is 33.0. The Labute approximate surface area is 223 Å². The molecule has 2 aromatic carbocycles. The molecule has 5 atom stereocenters. The average Bonchev–Trinajstić information content (AvgIpc) is 3.27. The minimum absolute atomic E-state index is 0.00216. The summed E-state index contributed by atoms with van der Waals surface area (Å²) < 4.78 is 12.3. The van der Waals surface area contributed by atoms with Crippen LogP contribution < -0.4 is 9.47 Å². The number of aryl methyl sites for hydroxylation is 1. The first-order chi connectivity index (χ1) is 18.2. The summed E-state index contributed by atoms with van der Waals surface area (Å²) in [7, 11) is 3.69. The zero-order valence-corrected chi connectivity index (χ0v) is 22.3. The Morgan fingerprint density at radius 2 is 1.97 bits per heavy atom. The number of hydrogen-bond acceptors (Lipinski definition) is 6. The topological polar surface area (TPSA) is 93.1 Å². The Hall–Kier alpha value is -3.00. The van der Waals surface area contributed by atoms with Crippen LogP contribution in [-0.4, -0.2) is 71.3 Å². The van der Waals surface area contributed by atoms with E-state index >= 15 is 0 Å². The molecule has 2 aliphatic heterocycles. The van der Waals surface area contributed by atoms with Crippen LogP contribution >= 0.6 is 0 Å². The van der Waals surface area contributed by atoms with Gasteiger partial charge in [0.15, 0.2) is 29.2 Å². The molecular formula is C31H36NO6+. The van der Waals surface area contributed by atoms with Crippen LogP contribution in [0.2, 0.25) is 0 Å². The standard InChI is InChI=1S/C31H36NO6/c1-19-6-8-20(9-7-19)27(35)22(5-4-16-33)18-32(2)15-14-30-26-21-10-11-24(37-3)28(26)38-29(30)23(34)12-13-31(30,36)25(32)17-21/h6-11,18,25,29,33,36H,4-5,12-17H2,1-3H3/q+1/b22-18+/t25-,29+,30+,31-,32+/m0/s1. The first kappa shape index (κ1) is 25.3. The smallest absolute Gasteiger partial charge is 0.194 e. The van der Waals surface area contributed by atoms with Crippen LogP contribution in [0.25, 0.3) is 0 Å². The molecule has 4 aliphatic rings. The molecule has 2 N–H and O–H groups in total. The summed E-state index contributed by atoms with van der Waals surface area (Å²) in [6.07, 6.45) is 4.03. The molecule has 0 radical (unpaired) electrons. The van der Waals surface area contributed by atoms with Crippen molar-refractivity contribution in [1.82, 2.24) is 0 Å². The van der Waals surface area contributed by atoms with E-state index in [2.05, 4.69) is 7.05 Å². The molecule has 200 valence electrons. The quantitative estimate of drug-likeness (QED) is 0.332. The number of ketones is 2. The van der Waals surface area contributed by atoms with Crippen LogP contribution in [0.4, 0.5) is 0 Å². The van der Waals surface area contributed by atoms with Gasteiger partial charge in [0.25, 0.3) is 0 Å². The maximum atomic E-state index is 13.7. The van der Waals surface area contributed by atoms with Gasteiger partial charge >= 0.3 is 0 Å². The SMILES string of the molecule is COc1ccc2c3c1O[C@@H]1C(=O)CC[C@]4(O)[C@H](C2)[N@@+](C)(/C=C(\CCCO)C(=O)c2ccc(C)cc2)CC[C@@]314. The molecule has 0 amide bonds. The molecule has 2 fully saturated rings. The second-order valence-corrected chi connectivity index (χ2v) is 11.7. The molecular weight excluding hydrogens is 482 g/mol. The Kier molecular flexibility index (Phi) is 5.83. The molecule has 0 unspecified atom stereocenters. The molecule has 2 aliphatic carbocycles. The van der Waals surface area contributed by atoms with Crippen molar-refractivity contribution >= 4 is 11.6 Å². The third-order valence-corrected chi connectivity index (χ3v) is 9.70. The van der Waals surface area contributed by atoms with E-state index in [1.54, 1.807) is 7.11 Å². The number of likely N-dealkylation sites (N-methyl/N-ethyl adjacent to an activating group) is 1. The molecule has 2 bridgehead atoms. The number of benzene rings is 2. The first-order valence-corrected chi connectivity index (χ1v) is 13.6. The summed E-state index contributed by atoms with van der Waals surface area (Å²) >= 11 is 0. The summed E-state index contributed by atoms with van der Waals surface area (Å²) in [6, 6.07) is 11.2. The summed E-state index contributed by atoms with van der Waals surface area (Å²) in [5, 5.41) is 22.2. The van der Waals surface area contributed by atoms with Crippen molar-refractivity contribution in [1.29, 1.82) is 0 Å². The number of carbonyl (C=O) groups is 2. The first-order valence-electron chi connectivity index (χ1n) is 13.6. The Morgan fingerprint density at radius 1 is 1.21 bits per heavy atom. The summed E-state index contributed by atoms with van der Waals surface area (Å²) in [4.78, 5) is 26.9. The number of carbonyl (C=O) groups excluding carboxylic acids is 2. The van der Waals surface area contributed by atoms with Crippen molar-refractivity contribution in [2.75, 3.05) is 27.3 Å². The lowest BCUT2D eigenvalue weighted by atomic mass is 9.48. The summed E-state index contributed by atoms with van der Waals surface area (Å²) in [5.41, 5.74) is 2.39. The van der Waals surface area contributed by atoms with E-state index in [9.17, 15) is 19.8 Å². The second-order valence-electron chi connectivity index (χ2n) is 11.7. The summed E-state index contributed by atoms with van der Waals surface area (Å²) in [6.45, 7) is 2.64. The highest BCUT2D eigenvalue weighted by atomic mass is 16.5. The van der Waals surface area contributed by atoms with Gasteiger partial charge in [-0.15, -0.1) is 0 Å². The number of likely N-dealkylation sites (tertiary alicyclic amines) is 1. The van der Waals surface area contributed by atoms with Gasteiger partial charge in [-0.3, -0.25) is 14.1 Å². The Balaban J connectivity index is 1.48. The zero-order valence-electron chi connectivity index (χ0n) is 22.3. The summed E-state index contributed by atoms with van der Waals surface area (Å²) in [5.74, 6) is 1.18. The highest BCUT2D eigenvalue weighted by molar-refractivity contribution is 6.08. The van der Waals surface area contributed by atoms with Gasteiger partial charge in [-0.2, -0.15) is 0 Å². The maximum absolute atomic E-state index is 13.7. The number of methoxy groups -OCH3 is 1. The van der Waals surface area contributed by atoms with Crippen LogP contribution in [0.15, 0.2) is 48.2 Å². The number of Topliss-reactive ketones (excluding diaryl/α,β-unsaturated/α-hetero) is 2. The molecule has 1 spiro atoms. The molecule has 0 aromatic heterocycles. The monoisotopic (exact) mass is 518 g/mol. The number of aliphatic hydroxyl groups excluding tert-OH is 1. The molecule has 6 rings (SSSR count). The molecule has 1 saturated carbocycles. The molecule has 2 heterocycles. The lowest BCUT2D eigenvalue weighted by Crippen LogP contribution is -2.79. The molecule has 2 aromatic rings. The van der Waals surface area contributed by atoms with Crippen molar-refractivity contribution in [2.45, 2.75) is 68.6 Å². The van der Waals surface area contributed by atoms with Gasteiger partial charge in [0.05, 0.1) is 31.7 Å². The lowest BCUT2D eigenvalue weighted by molar-refractivity contribution is -0.903. The largest absolute Gasteiger partial charge is 0.493 e. The Morgan fingerprint density at radius 3 is 2.68 bits per heavy atom. The van der Waals surface area contributed by atoms with Crippen molar-refractivity contribution in [2.24, 2.45) is 0 Å². The lowest BCUT2D eigenvalue weighted by Gasteiger charge is -2.63. The number of rotatable bonds is 7. The van der Waals surface area contributed by atoms with Crippen LogP contribution in [0.5, 0.6) is 11.5 Å². The third-order valence-electron chi connectivity index (χ3n) is 9.70. The van der Waals surface area contributed by atoms with Crippen molar-refractivity contribution in [3.8, 4) is 11.5 Å². The fourth-order valence-electron chi connectivity index (χ4n) is 7.83. The van der Waals surface area contributed by atoms with Crippen LogP contribution in [0, 0.1) is 6.92 Å². The Bertz CT molecular complexity index is 1350. The minimum atomic E-state index is -1.17. The van der Waals surface area contributed by atoms with Gasteiger partial charge in [0.1, 0.15) is 17.8 Å². The molecule has 7 nitrogen and oxygen atoms in total. The molecule has 1 saturated heterocycles. The van der Waals surface area contributed by atoms with Gasteiger partial charge in [-0.1, -0.05) is 35.9 Å². The van der Waals surface area contributed by atoms with E-state index in [0.29, 0.717) is 65.8 Å². The van der Waals surface area contributed by atoms with Crippen LogP contribution in [-0.2, 0) is 16.6 Å². The number of allylic oxidation sites excluding steroid dienone is 1. The third kappa shape index (κ3) is 3.31. The maximum Gasteiger partial charge on any atom is 0.194 e.